The Morgan fingerprint density at radius 2 is 2.00 bits per heavy atom. The molecule has 7 heteroatoms. The molecule has 0 saturated carbocycles. The first kappa shape index (κ1) is 15.7. The van der Waals surface area contributed by atoms with Crippen molar-refractivity contribution in [2.24, 2.45) is 0 Å². The number of rotatable bonds is 6. The number of aliphatic hydroxyl groups is 1. The van der Waals surface area contributed by atoms with Crippen molar-refractivity contribution >= 4 is 12.0 Å². The van der Waals surface area contributed by atoms with E-state index in [-0.39, 0.29) is 19.4 Å². The third-order valence-corrected chi connectivity index (χ3v) is 3.36. The highest BCUT2D eigenvalue weighted by Crippen LogP contribution is 2.21. The molecule has 0 atom stereocenters. The minimum atomic E-state index is -1.23. The highest BCUT2D eigenvalue weighted by Gasteiger charge is 2.42. The number of amides is 2. The lowest BCUT2D eigenvalue weighted by molar-refractivity contribution is -0.148. The third kappa shape index (κ3) is 4.07. The number of nitrogens with zero attached hydrogens (tertiary/aromatic N) is 1. The van der Waals surface area contributed by atoms with E-state index in [1.165, 1.54) is 4.90 Å². The van der Waals surface area contributed by atoms with E-state index in [1.54, 1.807) is 0 Å². The summed E-state index contributed by atoms with van der Waals surface area (Å²) in [4.78, 5) is 25.0. The molecular weight excluding hydrogens is 252 g/mol. The van der Waals surface area contributed by atoms with Gasteiger partial charge in [0.25, 0.3) is 0 Å². The number of carbonyl (C=O) groups excluding carboxylic acids is 1. The van der Waals surface area contributed by atoms with Crippen LogP contribution in [0, 0.1) is 0 Å². The van der Waals surface area contributed by atoms with E-state index in [1.807, 2.05) is 6.92 Å². The maximum atomic E-state index is 12.1. The Morgan fingerprint density at radius 1 is 1.37 bits per heavy atom. The largest absolute Gasteiger partial charge is 0.480 e. The van der Waals surface area contributed by atoms with Crippen LogP contribution in [0.2, 0.25) is 0 Å². The van der Waals surface area contributed by atoms with Crippen LogP contribution >= 0.6 is 0 Å². The molecule has 0 bridgehead atoms. The molecule has 0 aromatic heterocycles. The highest BCUT2D eigenvalue weighted by molar-refractivity contribution is 5.86. The van der Waals surface area contributed by atoms with E-state index < -0.39 is 17.5 Å². The van der Waals surface area contributed by atoms with E-state index in [0.717, 1.165) is 0 Å². The van der Waals surface area contributed by atoms with Crippen LogP contribution in [0.5, 0.6) is 0 Å². The lowest BCUT2D eigenvalue weighted by Crippen LogP contribution is -2.60. The molecule has 0 radical (unpaired) electrons. The van der Waals surface area contributed by atoms with Crippen molar-refractivity contribution in [3.8, 4) is 0 Å². The first-order valence-electron chi connectivity index (χ1n) is 6.55. The van der Waals surface area contributed by atoms with Crippen LogP contribution in [0.4, 0.5) is 4.79 Å². The lowest BCUT2D eigenvalue weighted by Gasteiger charge is -2.35. The van der Waals surface area contributed by atoms with Gasteiger partial charge in [0.1, 0.15) is 5.54 Å². The molecule has 1 aliphatic heterocycles. The number of aliphatic hydroxyl groups excluding tert-OH is 1. The van der Waals surface area contributed by atoms with Gasteiger partial charge in [-0.3, -0.25) is 0 Å². The fourth-order valence-electron chi connectivity index (χ4n) is 2.06. The molecule has 2 amide bonds. The van der Waals surface area contributed by atoms with Crippen LogP contribution in [0.15, 0.2) is 0 Å². The molecule has 0 aromatic rings. The third-order valence-electron chi connectivity index (χ3n) is 3.36. The Hall–Kier alpha value is -1.34. The molecule has 1 rings (SSSR count). The molecule has 1 saturated heterocycles. The Morgan fingerprint density at radius 3 is 2.47 bits per heavy atom. The molecule has 1 heterocycles. The molecule has 19 heavy (non-hydrogen) atoms. The standard InChI is InChI=1S/C12H22N2O5/c1-2-14(6-3-7-15)11(18)13-12(10(16)17)4-8-19-9-5-12/h15H,2-9H2,1H3,(H,13,18)(H,16,17). The van der Waals surface area contributed by atoms with E-state index >= 15 is 0 Å². The van der Waals surface area contributed by atoms with Gasteiger partial charge in [-0.2, -0.15) is 0 Å². The first-order chi connectivity index (χ1) is 9.05. The van der Waals surface area contributed by atoms with Crippen molar-refractivity contribution < 1.29 is 24.5 Å². The van der Waals surface area contributed by atoms with Gasteiger partial charge in [0.15, 0.2) is 0 Å². The van der Waals surface area contributed by atoms with Gasteiger partial charge in [0, 0.05) is 45.8 Å². The second-order valence-electron chi connectivity index (χ2n) is 4.59. The van der Waals surface area contributed by atoms with E-state index in [4.69, 9.17) is 9.84 Å². The van der Waals surface area contributed by atoms with Crippen LogP contribution in [-0.4, -0.2) is 65.6 Å². The minimum Gasteiger partial charge on any atom is -0.480 e. The summed E-state index contributed by atoms with van der Waals surface area (Å²) in [7, 11) is 0. The predicted molar refractivity (Wildman–Crippen MR) is 67.9 cm³/mol. The maximum Gasteiger partial charge on any atom is 0.329 e. The molecule has 0 aromatic carbocycles. The predicted octanol–water partition coefficient (Wildman–Crippen LogP) is 0.0341. The molecule has 0 spiro atoms. The van der Waals surface area contributed by atoms with Crippen molar-refractivity contribution in [3.05, 3.63) is 0 Å². The summed E-state index contributed by atoms with van der Waals surface area (Å²) < 4.78 is 5.15. The quantitative estimate of drug-likeness (QED) is 0.635. The van der Waals surface area contributed by atoms with E-state index in [9.17, 15) is 14.7 Å². The molecular formula is C12H22N2O5. The highest BCUT2D eigenvalue weighted by atomic mass is 16.5. The van der Waals surface area contributed by atoms with Crippen LogP contribution in [0.1, 0.15) is 26.2 Å². The fraction of sp³-hybridized carbons (Fsp3) is 0.833. The number of hydrogen-bond donors (Lipinski definition) is 3. The summed E-state index contributed by atoms with van der Waals surface area (Å²) in [5, 5.41) is 20.7. The zero-order valence-corrected chi connectivity index (χ0v) is 11.2. The smallest absolute Gasteiger partial charge is 0.329 e. The molecule has 110 valence electrons. The van der Waals surface area contributed by atoms with Crippen LogP contribution < -0.4 is 5.32 Å². The van der Waals surface area contributed by atoms with Gasteiger partial charge in [0.2, 0.25) is 0 Å². The number of urea groups is 1. The molecule has 3 N–H and O–H groups in total. The normalized spacial score (nSPS) is 17.8. The SMILES string of the molecule is CCN(CCCO)C(=O)NC1(C(=O)O)CCOCC1. The second kappa shape index (κ2) is 7.30. The summed E-state index contributed by atoms with van der Waals surface area (Å²) in [6.07, 6.45) is 1.02. The number of carbonyl (C=O) groups is 2. The van der Waals surface area contributed by atoms with Gasteiger partial charge in [-0.25, -0.2) is 9.59 Å². The van der Waals surface area contributed by atoms with Crippen molar-refractivity contribution in [1.82, 2.24) is 10.2 Å². The zero-order valence-electron chi connectivity index (χ0n) is 11.2. The summed E-state index contributed by atoms with van der Waals surface area (Å²) in [5.41, 5.74) is -1.23. The Kier molecular flexibility index (Phi) is 6.04. The van der Waals surface area contributed by atoms with Crippen molar-refractivity contribution in [2.45, 2.75) is 31.7 Å². The topological polar surface area (TPSA) is 99.1 Å². The van der Waals surface area contributed by atoms with Gasteiger partial charge in [-0.1, -0.05) is 0 Å². The van der Waals surface area contributed by atoms with Crippen LogP contribution in [0.3, 0.4) is 0 Å². The Labute approximate surface area is 112 Å². The average Bonchev–Trinajstić information content (AvgIpc) is 2.40. The van der Waals surface area contributed by atoms with Crippen molar-refractivity contribution in [1.29, 1.82) is 0 Å². The fourth-order valence-corrected chi connectivity index (χ4v) is 2.06. The van der Waals surface area contributed by atoms with Crippen molar-refractivity contribution in [3.63, 3.8) is 0 Å². The van der Waals surface area contributed by atoms with Crippen LogP contribution in [0.25, 0.3) is 0 Å². The van der Waals surface area contributed by atoms with Gasteiger partial charge in [-0.05, 0) is 13.3 Å². The van der Waals surface area contributed by atoms with Gasteiger partial charge >= 0.3 is 12.0 Å². The van der Waals surface area contributed by atoms with Gasteiger partial charge < -0.3 is 25.2 Å². The summed E-state index contributed by atoms with van der Waals surface area (Å²) in [6.45, 7) is 3.35. The Bertz CT molecular complexity index is 315. The Balaban J connectivity index is 2.67. The molecule has 1 aliphatic rings. The average molecular weight is 274 g/mol. The number of hydrogen-bond acceptors (Lipinski definition) is 4. The monoisotopic (exact) mass is 274 g/mol. The lowest BCUT2D eigenvalue weighted by atomic mass is 9.90. The molecule has 0 unspecified atom stereocenters. The molecule has 0 aliphatic carbocycles. The van der Waals surface area contributed by atoms with E-state index in [2.05, 4.69) is 5.32 Å². The van der Waals surface area contributed by atoms with Gasteiger partial charge in [0.05, 0.1) is 0 Å². The second-order valence-corrected chi connectivity index (χ2v) is 4.59. The minimum absolute atomic E-state index is 0.00168. The van der Waals surface area contributed by atoms with Gasteiger partial charge in [-0.15, -0.1) is 0 Å². The summed E-state index contributed by atoms with van der Waals surface area (Å²) in [5.74, 6) is -1.03. The van der Waals surface area contributed by atoms with Crippen LogP contribution in [-0.2, 0) is 9.53 Å². The summed E-state index contributed by atoms with van der Waals surface area (Å²) in [6, 6.07) is -0.403. The molecule has 7 nitrogen and oxygen atoms in total. The number of nitrogens with one attached hydrogen (secondary N) is 1. The molecule has 1 fully saturated rings. The zero-order chi connectivity index (χ0) is 14.3. The number of ether oxygens (including phenoxy) is 1. The number of carboxylic acids is 1. The van der Waals surface area contributed by atoms with Crippen molar-refractivity contribution in [2.75, 3.05) is 32.9 Å². The maximum absolute atomic E-state index is 12.1. The summed E-state index contributed by atoms with van der Waals surface area (Å²) >= 11 is 0. The van der Waals surface area contributed by atoms with E-state index in [0.29, 0.717) is 32.7 Å². The first-order valence-corrected chi connectivity index (χ1v) is 6.55. The number of carboxylic acid groups (broad SMARTS) is 1. The number of aliphatic carboxylic acids is 1.